The molecule has 132 valence electrons. The minimum atomic E-state index is -3.32. The van der Waals surface area contributed by atoms with Crippen LogP contribution in [-0.2, 0) is 10.0 Å². The lowest BCUT2D eigenvalue weighted by Crippen LogP contribution is -2.25. The lowest BCUT2D eigenvalue weighted by Gasteiger charge is -2.29. The number of hydrogen-bond acceptors (Lipinski definition) is 3. The Kier molecular flexibility index (Phi) is 4.69. The van der Waals surface area contributed by atoms with Crippen LogP contribution in [0, 0.1) is 5.92 Å². The van der Waals surface area contributed by atoms with Crippen LogP contribution >= 0.6 is 0 Å². The van der Waals surface area contributed by atoms with E-state index in [0.717, 1.165) is 43.2 Å². The van der Waals surface area contributed by atoms with Crippen molar-refractivity contribution in [3.8, 4) is 0 Å². The molecular formula is C18H25FN2O2S. The highest BCUT2D eigenvalue weighted by atomic mass is 32.2. The summed E-state index contributed by atoms with van der Waals surface area (Å²) in [7, 11) is -3.32. The van der Waals surface area contributed by atoms with Gasteiger partial charge in [-0.05, 0) is 63.0 Å². The zero-order valence-corrected chi connectivity index (χ0v) is 15.1. The molecule has 0 aromatic carbocycles. The van der Waals surface area contributed by atoms with Gasteiger partial charge in [-0.15, -0.1) is 0 Å². The molecule has 0 aliphatic heterocycles. The Labute approximate surface area is 143 Å². The van der Waals surface area contributed by atoms with E-state index < -0.39 is 15.7 Å². The van der Waals surface area contributed by atoms with Gasteiger partial charge in [0.1, 0.15) is 5.67 Å². The molecule has 0 spiro atoms. The molecule has 0 unspecified atom stereocenters. The van der Waals surface area contributed by atoms with Crippen molar-refractivity contribution < 1.29 is 12.8 Å². The van der Waals surface area contributed by atoms with Gasteiger partial charge in [-0.25, -0.2) is 12.8 Å². The van der Waals surface area contributed by atoms with Gasteiger partial charge < -0.3 is 0 Å². The summed E-state index contributed by atoms with van der Waals surface area (Å²) >= 11 is 0. The van der Waals surface area contributed by atoms with Gasteiger partial charge in [0, 0.05) is 5.92 Å². The first-order valence-electron chi connectivity index (χ1n) is 8.57. The first-order chi connectivity index (χ1) is 11.2. The van der Waals surface area contributed by atoms with Crippen LogP contribution in [0.4, 0.5) is 10.1 Å². The molecule has 6 heteroatoms. The molecule has 0 bridgehead atoms. The number of pyridine rings is 1. The number of halogens is 1. The van der Waals surface area contributed by atoms with Crippen LogP contribution in [-0.4, -0.2) is 25.3 Å². The third-order valence-electron chi connectivity index (χ3n) is 4.84. The molecule has 4 nitrogen and oxygen atoms in total. The molecule has 2 aliphatic rings. The number of anilines is 1. The van der Waals surface area contributed by atoms with E-state index in [2.05, 4.69) is 15.8 Å². The minimum Gasteiger partial charge on any atom is -0.282 e. The van der Waals surface area contributed by atoms with E-state index >= 15 is 0 Å². The maximum absolute atomic E-state index is 13.9. The number of nitrogens with zero attached hydrogens (tertiary/aromatic N) is 1. The molecule has 0 atom stereocenters. The van der Waals surface area contributed by atoms with Gasteiger partial charge in [-0.2, -0.15) is 0 Å². The fourth-order valence-electron chi connectivity index (χ4n) is 3.27. The van der Waals surface area contributed by atoms with Gasteiger partial charge in [0.15, 0.2) is 0 Å². The van der Waals surface area contributed by atoms with Gasteiger partial charge in [0.25, 0.3) is 0 Å². The number of hydrogen-bond donors (Lipinski definition) is 1. The first kappa shape index (κ1) is 17.4. The van der Waals surface area contributed by atoms with Gasteiger partial charge in [-0.3, -0.25) is 9.71 Å². The monoisotopic (exact) mass is 352 g/mol. The second-order valence-electron chi connectivity index (χ2n) is 7.46. The highest BCUT2D eigenvalue weighted by Gasteiger charge is 2.30. The van der Waals surface area contributed by atoms with Crippen molar-refractivity contribution in [2.24, 2.45) is 5.92 Å². The smallest absolute Gasteiger partial charge is 0.229 e. The highest BCUT2D eigenvalue weighted by molar-refractivity contribution is 7.92. The summed E-state index contributed by atoms with van der Waals surface area (Å²) in [6, 6.07) is 1.85. The van der Waals surface area contributed by atoms with E-state index in [0.29, 0.717) is 30.4 Å². The van der Waals surface area contributed by atoms with Crippen molar-refractivity contribution >= 4 is 21.8 Å². The molecular weight excluding hydrogens is 327 g/mol. The highest BCUT2D eigenvalue weighted by Crippen LogP contribution is 2.42. The number of nitrogens with one attached hydrogen (secondary N) is 1. The first-order valence-corrected chi connectivity index (χ1v) is 10.5. The summed E-state index contributed by atoms with van der Waals surface area (Å²) in [6.45, 7) is 1.68. The number of alkyl halides is 1. The molecule has 2 saturated carbocycles. The average Bonchev–Trinajstić information content (AvgIpc) is 3.29. The van der Waals surface area contributed by atoms with Crippen LogP contribution in [0.1, 0.15) is 62.6 Å². The second-order valence-corrected chi connectivity index (χ2v) is 9.21. The van der Waals surface area contributed by atoms with Gasteiger partial charge in [0.05, 0.1) is 23.8 Å². The predicted octanol–water partition coefficient (Wildman–Crippen LogP) is 4.26. The zero-order chi connectivity index (χ0) is 17.4. The summed E-state index contributed by atoms with van der Waals surface area (Å²) in [5, 5.41) is 0. The molecule has 3 rings (SSSR count). The van der Waals surface area contributed by atoms with Gasteiger partial charge >= 0.3 is 0 Å². The Hall–Kier alpha value is -1.43. The van der Waals surface area contributed by atoms with Crippen molar-refractivity contribution in [2.75, 3.05) is 11.0 Å². The van der Waals surface area contributed by atoms with Crippen molar-refractivity contribution in [2.45, 2.75) is 57.0 Å². The van der Waals surface area contributed by atoms with Crippen LogP contribution in [0.15, 0.2) is 18.3 Å². The maximum Gasteiger partial charge on any atom is 0.229 e. The molecule has 1 N–H and O–H groups in total. The number of sulfonamides is 1. The Morgan fingerprint density at radius 1 is 1.29 bits per heavy atom. The van der Waals surface area contributed by atoms with E-state index in [-0.39, 0.29) is 0 Å². The van der Waals surface area contributed by atoms with Crippen LogP contribution < -0.4 is 4.72 Å². The minimum absolute atomic E-state index is 0.382. The molecule has 24 heavy (non-hydrogen) atoms. The lowest BCUT2D eigenvalue weighted by atomic mass is 9.81. The Balaban J connectivity index is 1.77. The topological polar surface area (TPSA) is 59.1 Å². The molecule has 0 saturated heterocycles. The third-order valence-corrected chi connectivity index (χ3v) is 5.44. The Morgan fingerprint density at radius 2 is 1.96 bits per heavy atom. The van der Waals surface area contributed by atoms with Crippen LogP contribution in [0.3, 0.4) is 0 Å². The van der Waals surface area contributed by atoms with Crippen molar-refractivity contribution in [3.05, 3.63) is 29.6 Å². The van der Waals surface area contributed by atoms with Crippen LogP contribution in [0.2, 0.25) is 0 Å². The Bertz CT molecular complexity index is 729. The van der Waals surface area contributed by atoms with Crippen molar-refractivity contribution in [1.82, 2.24) is 4.98 Å². The molecule has 2 aliphatic carbocycles. The normalized spacial score (nSPS) is 28.2. The lowest BCUT2D eigenvalue weighted by molar-refractivity contribution is 0.114. The number of rotatable bonds is 5. The SMILES string of the molecule is CC1(F)CCC(/C=C/c2cc(NS(C)(=O)=O)cnc2C2CC2)CC1. The van der Waals surface area contributed by atoms with E-state index in [4.69, 9.17) is 0 Å². The largest absolute Gasteiger partial charge is 0.282 e. The van der Waals surface area contributed by atoms with Crippen molar-refractivity contribution in [1.29, 1.82) is 0 Å². The van der Waals surface area contributed by atoms with Crippen molar-refractivity contribution in [3.63, 3.8) is 0 Å². The average molecular weight is 352 g/mol. The maximum atomic E-state index is 13.9. The number of allylic oxidation sites excluding steroid dienone is 1. The molecule has 2 fully saturated rings. The fourth-order valence-corrected chi connectivity index (χ4v) is 3.81. The van der Waals surface area contributed by atoms with Crippen LogP contribution in [0.5, 0.6) is 0 Å². The summed E-state index contributed by atoms with van der Waals surface area (Å²) in [4.78, 5) is 4.47. The molecule has 1 aromatic rings. The number of aromatic nitrogens is 1. The summed E-state index contributed by atoms with van der Waals surface area (Å²) in [5.41, 5.74) is 1.47. The summed E-state index contributed by atoms with van der Waals surface area (Å²) < 4.78 is 39.2. The van der Waals surface area contributed by atoms with E-state index in [9.17, 15) is 12.8 Å². The summed E-state index contributed by atoms with van der Waals surface area (Å²) in [6.07, 6.45) is 12.1. The molecule has 0 radical (unpaired) electrons. The molecule has 0 amide bonds. The van der Waals surface area contributed by atoms with Crippen LogP contribution in [0.25, 0.3) is 6.08 Å². The Morgan fingerprint density at radius 3 is 2.54 bits per heavy atom. The standard InChI is InChI=1S/C18H25FN2O2S/c1-18(19)9-7-13(8-10-18)3-4-15-11-16(21-24(2,22)23)12-20-17(15)14-5-6-14/h3-4,11-14,21H,5-10H2,1-2H3/b4-3+. The second kappa shape index (κ2) is 6.47. The summed E-state index contributed by atoms with van der Waals surface area (Å²) in [5.74, 6) is 0.866. The predicted molar refractivity (Wildman–Crippen MR) is 95.2 cm³/mol. The zero-order valence-electron chi connectivity index (χ0n) is 14.3. The third kappa shape index (κ3) is 4.79. The van der Waals surface area contributed by atoms with E-state index in [1.165, 1.54) is 0 Å². The van der Waals surface area contributed by atoms with E-state index in [1.807, 2.05) is 12.1 Å². The fraction of sp³-hybridized carbons (Fsp3) is 0.611. The van der Waals surface area contributed by atoms with E-state index in [1.54, 1.807) is 13.1 Å². The molecule has 1 aromatic heterocycles. The van der Waals surface area contributed by atoms with Gasteiger partial charge in [0.2, 0.25) is 10.0 Å². The van der Waals surface area contributed by atoms with Gasteiger partial charge in [-0.1, -0.05) is 12.2 Å². The quantitative estimate of drug-likeness (QED) is 0.861. The molecule has 1 heterocycles.